The van der Waals surface area contributed by atoms with Gasteiger partial charge in [-0.1, -0.05) is 0 Å². The third-order valence-electron chi connectivity index (χ3n) is 3.81. The van der Waals surface area contributed by atoms with Gasteiger partial charge in [0.15, 0.2) is 11.5 Å². The Kier molecular flexibility index (Phi) is 6.67. The Hall–Kier alpha value is -1.79. The maximum atomic E-state index is 12.3. The van der Waals surface area contributed by atoms with Crippen LogP contribution in [0.15, 0.2) is 18.2 Å². The highest BCUT2D eigenvalue weighted by Gasteiger charge is 2.20. The summed E-state index contributed by atoms with van der Waals surface area (Å²) in [5, 5.41) is 6.26. The summed E-state index contributed by atoms with van der Waals surface area (Å²) in [7, 11) is 0. The van der Waals surface area contributed by atoms with Crippen LogP contribution in [0.25, 0.3) is 0 Å². The third-order valence-corrected chi connectivity index (χ3v) is 3.81. The Balaban J connectivity index is 1.98. The van der Waals surface area contributed by atoms with E-state index in [1.165, 1.54) is 0 Å². The van der Waals surface area contributed by atoms with Gasteiger partial charge < -0.3 is 20.1 Å². The van der Waals surface area contributed by atoms with Gasteiger partial charge in [-0.3, -0.25) is 9.69 Å². The van der Waals surface area contributed by atoms with Crippen LogP contribution in [0.3, 0.4) is 0 Å². The Morgan fingerprint density at radius 2 is 2.04 bits per heavy atom. The van der Waals surface area contributed by atoms with Crippen molar-refractivity contribution in [2.24, 2.45) is 0 Å². The van der Waals surface area contributed by atoms with Gasteiger partial charge in [-0.2, -0.15) is 0 Å². The van der Waals surface area contributed by atoms with E-state index in [9.17, 15) is 4.79 Å². The van der Waals surface area contributed by atoms with Crippen LogP contribution in [-0.4, -0.2) is 56.2 Å². The van der Waals surface area contributed by atoms with Crippen molar-refractivity contribution in [3.05, 3.63) is 18.2 Å². The average molecular weight is 321 g/mol. The van der Waals surface area contributed by atoms with Crippen molar-refractivity contribution in [2.45, 2.75) is 26.8 Å². The zero-order valence-corrected chi connectivity index (χ0v) is 14.2. The molecular formula is C17H27N3O3. The molecule has 23 heavy (non-hydrogen) atoms. The number of anilines is 1. The molecule has 1 atom stereocenters. The van der Waals surface area contributed by atoms with Gasteiger partial charge in [-0.05, 0) is 32.9 Å². The average Bonchev–Trinajstić information content (AvgIpc) is 2.52. The van der Waals surface area contributed by atoms with Crippen LogP contribution in [-0.2, 0) is 4.79 Å². The van der Waals surface area contributed by atoms with E-state index in [1.54, 1.807) is 0 Å². The molecule has 6 heteroatoms. The second kappa shape index (κ2) is 8.74. The maximum absolute atomic E-state index is 12.3. The lowest BCUT2D eigenvalue weighted by Crippen LogP contribution is -2.51. The quantitative estimate of drug-likeness (QED) is 0.800. The molecule has 2 rings (SSSR count). The molecule has 1 aliphatic rings. The zero-order valence-electron chi connectivity index (χ0n) is 14.2. The van der Waals surface area contributed by atoms with Gasteiger partial charge in [0.25, 0.3) is 0 Å². The molecule has 0 unspecified atom stereocenters. The molecule has 0 aliphatic carbocycles. The van der Waals surface area contributed by atoms with Crippen molar-refractivity contribution in [2.75, 3.05) is 44.7 Å². The molecule has 0 spiro atoms. The topological polar surface area (TPSA) is 62.8 Å². The number of benzene rings is 1. The van der Waals surface area contributed by atoms with Crippen molar-refractivity contribution < 1.29 is 14.3 Å². The van der Waals surface area contributed by atoms with Crippen LogP contribution in [0.1, 0.15) is 20.8 Å². The summed E-state index contributed by atoms with van der Waals surface area (Å²) in [4.78, 5) is 14.4. The normalized spacial score (nSPS) is 18.5. The molecular weight excluding hydrogens is 294 g/mol. The Morgan fingerprint density at radius 1 is 1.30 bits per heavy atom. The number of carbonyl (C=O) groups excluding carboxylic acids is 1. The highest BCUT2D eigenvalue weighted by molar-refractivity contribution is 5.92. The number of ether oxygens (including phenoxy) is 2. The van der Waals surface area contributed by atoms with Crippen LogP contribution < -0.4 is 20.1 Å². The predicted molar refractivity (Wildman–Crippen MR) is 91.3 cm³/mol. The lowest BCUT2D eigenvalue weighted by atomic mass is 10.2. The number of rotatable bonds is 7. The summed E-state index contributed by atoms with van der Waals surface area (Å²) in [6, 6.07) is 5.85. The van der Waals surface area contributed by atoms with Gasteiger partial charge in [0.2, 0.25) is 5.91 Å². The molecule has 6 nitrogen and oxygen atoms in total. The summed E-state index contributed by atoms with van der Waals surface area (Å²) >= 11 is 0. The number of piperazine rings is 1. The largest absolute Gasteiger partial charge is 0.490 e. The highest BCUT2D eigenvalue weighted by Crippen LogP contribution is 2.30. The van der Waals surface area contributed by atoms with Gasteiger partial charge in [-0.25, -0.2) is 0 Å². The number of hydrogen-bond acceptors (Lipinski definition) is 5. The van der Waals surface area contributed by atoms with Gasteiger partial charge in [0.1, 0.15) is 0 Å². The van der Waals surface area contributed by atoms with Crippen LogP contribution in [0.2, 0.25) is 0 Å². The zero-order chi connectivity index (χ0) is 16.7. The number of nitrogens with one attached hydrogen (secondary N) is 2. The SMILES string of the molecule is CCOc1ccc(NC(=O)CN2CCNC[C@@H]2C)cc1OCC. The molecule has 1 fully saturated rings. The summed E-state index contributed by atoms with van der Waals surface area (Å²) in [5.74, 6) is 1.34. The summed E-state index contributed by atoms with van der Waals surface area (Å²) < 4.78 is 11.1. The van der Waals surface area contributed by atoms with E-state index in [2.05, 4.69) is 22.5 Å². The van der Waals surface area contributed by atoms with Gasteiger partial charge >= 0.3 is 0 Å². The van der Waals surface area contributed by atoms with E-state index in [0.29, 0.717) is 37.3 Å². The van der Waals surface area contributed by atoms with E-state index in [-0.39, 0.29) is 5.91 Å². The number of amides is 1. The lowest BCUT2D eigenvalue weighted by Gasteiger charge is -2.33. The van der Waals surface area contributed by atoms with Gasteiger partial charge in [0, 0.05) is 37.4 Å². The molecule has 0 aromatic heterocycles. The van der Waals surface area contributed by atoms with E-state index >= 15 is 0 Å². The van der Waals surface area contributed by atoms with Crippen molar-refractivity contribution in [3.8, 4) is 11.5 Å². The van der Waals surface area contributed by atoms with Crippen molar-refractivity contribution in [1.29, 1.82) is 0 Å². The van der Waals surface area contributed by atoms with Crippen molar-refractivity contribution in [1.82, 2.24) is 10.2 Å². The van der Waals surface area contributed by atoms with Gasteiger partial charge in [-0.15, -0.1) is 0 Å². The van der Waals surface area contributed by atoms with Crippen LogP contribution in [0.5, 0.6) is 11.5 Å². The molecule has 1 aromatic rings. The smallest absolute Gasteiger partial charge is 0.238 e. The minimum absolute atomic E-state index is 0.00893. The molecule has 0 saturated carbocycles. The van der Waals surface area contributed by atoms with Gasteiger partial charge in [0.05, 0.1) is 19.8 Å². The maximum Gasteiger partial charge on any atom is 0.238 e. The Morgan fingerprint density at radius 3 is 2.74 bits per heavy atom. The molecule has 2 N–H and O–H groups in total. The number of nitrogens with zero attached hydrogens (tertiary/aromatic N) is 1. The molecule has 1 amide bonds. The molecule has 1 aromatic carbocycles. The summed E-state index contributed by atoms with van der Waals surface area (Å²) in [6.45, 7) is 10.3. The first kappa shape index (κ1) is 17.6. The molecule has 0 radical (unpaired) electrons. The van der Waals surface area contributed by atoms with Crippen molar-refractivity contribution in [3.63, 3.8) is 0 Å². The van der Waals surface area contributed by atoms with Crippen LogP contribution in [0.4, 0.5) is 5.69 Å². The predicted octanol–water partition coefficient (Wildman–Crippen LogP) is 1.72. The lowest BCUT2D eigenvalue weighted by molar-refractivity contribution is -0.118. The standard InChI is InChI=1S/C17H27N3O3/c1-4-22-15-7-6-14(10-16(15)23-5-2)19-17(21)12-20-9-8-18-11-13(20)3/h6-7,10,13,18H,4-5,8-9,11-12H2,1-3H3,(H,19,21)/t13-/m0/s1. The van der Waals surface area contributed by atoms with E-state index in [1.807, 2.05) is 32.0 Å². The minimum atomic E-state index is -0.00893. The van der Waals surface area contributed by atoms with E-state index < -0.39 is 0 Å². The second-order valence-electron chi connectivity index (χ2n) is 5.60. The summed E-state index contributed by atoms with van der Waals surface area (Å²) in [5.41, 5.74) is 0.727. The monoisotopic (exact) mass is 321 g/mol. The number of hydrogen-bond donors (Lipinski definition) is 2. The molecule has 128 valence electrons. The van der Waals surface area contributed by atoms with E-state index in [0.717, 1.165) is 25.3 Å². The first-order valence-corrected chi connectivity index (χ1v) is 8.28. The molecule has 1 saturated heterocycles. The Labute approximate surface area is 138 Å². The van der Waals surface area contributed by atoms with E-state index in [4.69, 9.17) is 9.47 Å². The third kappa shape index (κ3) is 5.11. The number of carbonyl (C=O) groups is 1. The first-order chi connectivity index (χ1) is 11.1. The van der Waals surface area contributed by atoms with Crippen LogP contribution in [0, 0.1) is 0 Å². The highest BCUT2D eigenvalue weighted by atomic mass is 16.5. The second-order valence-corrected chi connectivity index (χ2v) is 5.60. The molecule has 1 aliphatic heterocycles. The van der Waals surface area contributed by atoms with Crippen LogP contribution >= 0.6 is 0 Å². The fraction of sp³-hybridized carbons (Fsp3) is 0.588. The minimum Gasteiger partial charge on any atom is -0.490 e. The summed E-state index contributed by atoms with van der Waals surface area (Å²) in [6.07, 6.45) is 0. The fourth-order valence-corrected chi connectivity index (χ4v) is 2.63. The fourth-order valence-electron chi connectivity index (χ4n) is 2.63. The molecule has 1 heterocycles. The van der Waals surface area contributed by atoms with Crippen molar-refractivity contribution >= 4 is 11.6 Å². The first-order valence-electron chi connectivity index (χ1n) is 8.28. The Bertz CT molecular complexity index is 522. The molecule has 0 bridgehead atoms.